The van der Waals surface area contributed by atoms with Crippen molar-refractivity contribution in [2.75, 3.05) is 25.1 Å². The number of aliphatic imine (C=N–C) groups is 1. The largest absolute Gasteiger partial charge is 0.356 e. The Bertz CT molecular complexity index is 483. The summed E-state index contributed by atoms with van der Waals surface area (Å²) in [4.78, 5) is 14.8. The number of non-ortho nitro benzene ring substituents is 1. The molecule has 130 valence electrons. The number of hydrogen-bond donors (Lipinski definition) is 2. The average molecular weight is 452 g/mol. The average Bonchev–Trinajstić information content (AvgIpc) is 2.53. The van der Waals surface area contributed by atoms with Crippen molar-refractivity contribution in [3.63, 3.8) is 0 Å². The number of halogens is 1. The molecule has 2 N–H and O–H groups in total. The molecule has 6 nitrogen and oxygen atoms in total. The molecule has 0 saturated carbocycles. The summed E-state index contributed by atoms with van der Waals surface area (Å²) in [5.74, 6) is 1.91. The van der Waals surface area contributed by atoms with Crippen LogP contribution in [0.1, 0.15) is 25.3 Å². The predicted molar refractivity (Wildman–Crippen MR) is 109 cm³/mol. The second-order valence-electron chi connectivity index (χ2n) is 4.79. The smallest absolute Gasteiger partial charge is 0.269 e. The molecule has 0 saturated heterocycles. The van der Waals surface area contributed by atoms with E-state index in [1.165, 1.54) is 12.1 Å². The summed E-state index contributed by atoms with van der Waals surface area (Å²) in [5.41, 5.74) is 1.06. The third-order valence-electron chi connectivity index (χ3n) is 2.93. The number of nitrogens with zero attached hydrogens (tertiary/aromatic N) is 2. The van der Waals surface area contributed by atoms with Gasteiger partial charge >= 0.3 is 0 Å². The van der Waals surface area contributed by atoms with Gasteiger partial charge in [-0.1, -0.05) is 19.1 Å². The first-order valence-corrected chi connectivity index (χ1v) is 8.81. The summed E-state index contributed by atoms with van der Waals surface area (Å²) in [5, 5.41) is 17.2. The minimum absolute atomic E-state index is 0. The molecule has 0 aliphatic heterocycles. The van der Waals surface area contributed by atoms with E-state index in [4.69, 9.17) is 0 Å². The highest BCUT2D eigenvalue weighted by atomic mass is 127. The molecular weight excluding hydrogens is 427 g/mol. The van der Waals surface area contributed by atoms with Crippen molar-refractivity contribution in [1.29, 1.82) is 0 Å². The number of guanidine groups is 1. The first-order chi connectivity index (χ1) is 10.7. The molecule has 0 aromatic heterocycles. The zero-order valence-electron chi connectivity index (χ0n) is 13.6. The second-order valence-corrected chi connectivity index (χ2v) is 5.77. The lowest BCUT2D eigenvalue weighted by molar-refractivity contribution is -0.384. The fraction of sp³-hybridized carbons (Fsp3) is 0.533. The van der Waals surface area contributed by atoms with Crippen LogP contribution in [0, 0.1) is 10.1 Å². The van der Waals surface area contributed by atoms with Gasteiger partial charge in [-0.15, -0.1) is 24.0 Å². The molecule has 1 rings (SSSR count). The zero-order valence-corrected chi connectivity index (χ0v) is 16.7. The Morgan fingerprint density at radius 1 is 1.26 bits per heavy atom. The van der Waals surface area contributed by atoms with Gasteiger partial charge in [0, 0.05) is 25.2 Å². The number of nitrogens with one attached hydrogen (secondary N) is 2. The molecule has 0 spiro atoms. The third kappa shape index (κ3) is 9.65. The first kappa shape index (κ1) is 22.0. The van der Waals surface area contributed by atoms with Crippen molar-refractivity contribution in [1.82, 2.24) is 10.6 Å². The number of hydrogen-bond acceptors (Lipinski definition) is 4. The first-order valence-electron chi connectivity index (χ1n) is 7.41. The molecule has 1 aromatic carbocycles. The molecule has 0 amide bonds. The van der Waals surface area contributed by atoms with E-state index in [1.54, 1.807) is 12.1 Å². The van der Waals surface area contributed by atoms with Crippen LogP contribution < -0.4 is 10.6 Å². The molecule has 0 bridgehead atoms. The fourth-order valence-corrected chi connectivity index (χ4v) is 2.17. The van der Waals surface area contributed by atoms with Gasteiger partial charge in [-0.2, -0.15) is 11.8 Å². The minimum atomic E-state index is -0.394. The lowest BCUT2D eigenvalue weighted by Crippen LogP contribution is -2.38. The van der Waals surface area contributed by atoms with Crippen molar-refractivity contribution < 1.29 is 4.92 Å². The van der Waals surface area contributed by atoms with E-state index < -0.39 is 4.92 Å². The van der Waals surface area contributed by atoms with E-state index in [0.717, 1.165) is 43.2 Å². The Balaban J connectivity index is 0.00000484. The molecule has 0 radical (unpaired) electrons. The van der Waals surface area contributed by atoms with Crippen molar-refractivity contribution in [3.8, 4) is 0 Å². The second kappa shape index (κ2) is 13.4. The van der Waals surface area contributed by atoms with Crippen LogP contribution in [0.2, 0.25) is 0 Å². The van der Waals surface area contributed by atoms with Crippen molar-refractivity contribution in [2.45, 2.75) is 26.3 Å². The summed E-state index contributed by atoms with van der Waals surface area (Å²) in [7, 11) is 0. The molecule has 0 atom stereocenters. The number of nitro groups is 1. The maximum absolute atomic E-state index is 10.6. The highest BCUT2D eigenvalue weighted by Crippen LogP contribution is 2.12. The monoisotopic (exact) mass is 452 g/mol. The highest BCUT2D eigenvalue weighted by Gasteiger charge is 2.04. The van der Waals surface area contributed by atoms with Gasteiger partial charge in [-0.05, 0) is 30.4 Å². The van der Waals surface area contributed by atoms with Crippen LogP contribution >= 0.6 is 35.7 Å². The van der Waals surface area contributed by atoms with E-state index >= 15 is 0 Å². The summed E-state index contributed by atoms with van der Waals surface area (Å²) < 4.78 is 0. The fourth-order valence-electron chi connectivity index (χ4n) is 1.73. The van der Waals surface area contributed by atoms with Crippen molar-refractivity contribution >= 4 is 47.4 Å². The molecular formula is C15H25IN4O2S. The topological polar surface area (TPSA) is 79.6 Å². The lowest BCUT2D eigenvalue weighted by atomic mass is 10.2. The highest BCUT2D eigenvalue weighted by molar-refractivity contribution is 14.0. The summed E-state index contributed by atoms with van der Waals surface area (Å²) in [6, 6.07) is 6.51. The van der Waals surface area contributed by atoms with Crippen molar-refractivity contribution in [2.24, 2.45) is 4.99 Å². The van der Waals surface area contributed by atoms with Gasteiger partial charge in [0.1, 0.15) is 0 Å². The molecule has 8 heteroatoms. The maximum Gasteiger partial charge on any atom is 0.269 e. The zero-order chi connectivity index (χ0) is 16.2. The van der Waals surface area contributed by atoms with Gasteiger partial charge in [0.25, 0.3) is 5.69 Å². The Morgan fingerprint density at radius 2 is 1.91 bits per heavy atom. The van der Waals surface area contributed by atoms with Gasteiger partial charge in [0.15, 0.2) is 5.96 Å². The molecule has 1 aromatic rings. The Kier molecular flexibility index (Phi) is 12.8. The lowest BCUT2D eigenvalue weighted by Gasteiger charge is -2.11. The predicted octanol–water partition coefficient (Wildman–Crippen LogP) is 3.41. The van der Waals surface area contributed by atoms with E-state index in [1.807, 2.05) is 11.8 Å². The van der Waals surface area contributed by atoms with Gasteiger partial charge in [0.2, 0.25) is 0 Å². The summed E-state index contributed by atoms with van der Waals surface area (Å²) in [6.07, 6.45) is 4.22. The molecule has 0 aliphatic rings. The van der Waals surface area contributed by atoms with Crippen molar-refractivity contribution in [3.05, 3.63) is 39.9 Å². The molecule has 0 heterocycles. The number of benzene rings is 1. The van der Waals surface area contributed by atoms with Crippen LogP contribution in [0.5, 0.6) is 0 Å². The van der Waals surface area contributed by atoms with Crippen LogP contribution in [0.25, 0.3) is 0 Å². The maximum atomic E-state index is 10.6. The number of rotatable bonds is 9. The SMILES string of the molecule is CCCNC(=NCc1ccc([N+](=O)[O-])cc1)NCCCSC.I. The molecule has 23 heavy (non-hydrogen) atoms. The quantitative estimate of drug-likeness (QED) is 0.150. The number of thioether (sulfide) groups is 1. The molecule has 0 aliphatic carbocycles. The molecule has 0 fully saturated rings. The van der Waals surface area contributed by atoms with Crippen LogP contribution in [0.15, 0.2) is 29.3 Å². The van der Waals surface area contributed by atoms with Crippen LogP contribution in [0.3, 0.4) is 0 Å². The van der Waals surface area contributed by atoms with Crippen LogP contribution in [0.4, 0.5) is 5.69 Å². The summed E-state index contributed by atoms with van der Waals surface area (Å²) >= 11 is 1.83. The normalized spacial score (nSPS) is 10.8. The van der Waals surface area contributed by atoms with E-state index in [2.05, 4.69) is 28.8 Å². The van der Waals surface area contributed by atoms with Gasteiger partial charge in [-0.25, -0.2) is 4.99 Å². The van der Waals surface area contributed by atoms with Gasteiger partial charge in [0.05, 0.1) is 11.5 Å². The van der Waals surface area contributed by atoms with E-state index in [-0.39, 0.29) is 29.7 Å². The molecule has 0 unspecified atom stereocenters. The van der Waals surface area contributed by atoms with E-state index in [0.29, 0.717) is 6.54 Å². The van der Waals surface area contributed by atoms with E-state index in [9.17, 15) is 10.1 Å². The summed E-state index contributed by atoms with van der Waals surface area (Å²) in [6.45, 7) is 4.36. The van der Waals surface area contributed by atoms with Crippen LogP contribution in [-0.4, -0.2) is 36.0 Å². The number of nitro benzene ring substituents is 1. The van der Waals surface area contributed by atoms with Gasteiger partial charge < -0.3 is 10.6 Å². The Morgan fingerprint density at radius 3 is 2.48 bits per heavy atom. The third-order valence-corrected chi connectivity index (χ3v) is 3.62. The minimum Gasteiger partial charge on any atom is -0.356 e. The van der Waals surface area contributed by atoms with Gasteiger partial charge in [-0.3, -0.25) is 10.1 Å². The Labute approximate surface area is 159 Å². The standard InChI is InChI=1S/C15H24N4O2S.HI/c1-3-9-16-15(17-10-4-11-22-2)18-12-13-5-7-14(8-6-13)19(20)21;/h5-8H,3-4,9-12H2,1-2H3,(H2,16,17,18);1H. The van der Waals surface area contributed by atoms with Crippen LogP contribution in [-0.2, 0) is 6.54 Å². The Hall–Kier alpha value is -1.03.